The van der Waals surface area contributed by atoms with E-state index in [1.54, 1.807) is 36.4 Å². The molecule has 0 aliphatic rings. The van der Waals surface area contributed by atoms with Gasteiger partial charge in [0.05, 0.1) is 24.5 Å². The number of aryl methyl sites for hydroxylation is 1. The lowest BCUT2D eigenvalue weighted by Crippen LogP contribution is -2.55. The molecule has 17 nitrogen and oxygen atoms in total. The predicted octanol–water partition coefficient (Wildman–Crippen LogP) is -0.904. The number of carboxylic acid groups (broad SMARTS) is 1. The Morgan fingerprint density at radius 2 is 1.76 bits per heavy atom. The topological polar surface area (TPSA) is 273 Å². The maximum absolute atomic E-state index is 14.0. The number of nitrogens with one attached hydrogen (secondary N) is 3. The minimum Gasteiger partial charge on any atom is -0.481 e. The molecule has 0 saturated heterocycles. The number of hydrogen-bond donors (Lipinski definition) is 7. The van der Waals surface area contributed by atoms with E-state index in [0.717, 1.165) is 15.8 Å². The molecular formula is C34H46N8O9. The van der Waals surface area contributed by atoms with Gasteiger partial charge in [-0.3, -0.25) is 28.8 Å². The summed E-state index contributed by atoms with van der Waals surface area (Å²) in [5.41, 5.74) is 13.6. The number of aliphatic carboxylic acids is 1. The molecule has 0 saturated carbocycles. The number of hydrogen-bond acceptors (Lipinski definition) is 10. The number of aldehydes is 1. The lowest BCUT2D eigenvalue weighted by molar-refractivity contribution is -0.144. The highest BCUT2D eigenvalue weighted by Gasteiger charge is 2.37. The molecule has 0 unspecified atom stereocenters. The zero-order valence-electron chi connectivity index (χ0n) is 28.8. The number of Topliss-reactive ketones (excluding diaryl/α,β-unsaturated/α-hetero) is 1. The van der Waals surface area contributed by atoms with E-state index in [4.69, 9.17) is 16.6 Å². The fraction of sp³-hybridized carbons (Fsp3) is 0.471. The number of nitrogens with zero attached hydrogens (tertiary/aromatic N) is 3. The fourth-order valence-electron chi connectivity index (χ4n) is 5.87. The third-order valence-corrected chi connectivity index (χ3v) is 8.65. The van der Waals surface area contributed by atoms with E-state index in [2.05, 4.69) is 20.6 Å². The first-order valence-electron chi connectivity index (χ1n) is 16.4. The van der Waals surface area contributed by atoms with Crippen molar-refractivity contribution in [3.05, 3.63) is 54.2 Å². The SMILES string of the molecule is C[C@@H](O)[C@@H](C(=O)C[C@H](Cc1c[nH]c2ccccc12)C(=O)N[C@@H](CCC(N)=O)C(=O)N[C@H](C=O)CCC(=O)O)N(C)C(=O)[C@@H](N)Cc1cncn1C. The van der Waals surface area contributed by atoms with Crippen LogP contribution >= 0.6 is 0 Å². The minimum atomic E-state index is -1.39. The van der Waals surface area contributed by atoms with Gasteiger partial charge in [-0.05, 0) is 37.8 Å². The maximum Gasteiger partial charge on any atom is 0.303 e. The van der Waals surface area contributed by atoms with E-state index in [-0.39, 0.29) is 32.1 Å². The van der Waals surface area contributed by atoms with Crippen LogP contribution in [0.3, 0.4) is 0 Å². The summed E-state index contributed by atoms with van der Waals surface area (Å²) in [6.45, 7) is 1.34. The zero-order valence-corrected chi connectivity index (χ0v) is 28.8. The van der Waals surface area contributed by atoms with Crippen LogP contribution in [0, 0.1) is 5.92 Å². The van der Waals surface area contributed by atoms with Gasteiger partial charge in [0.1, 0.15) is 18.4 Å². The van der Waals surface area contributed by atoms with Gasteiger partial charge >= 0.3 is 5.97 Å². The lowest BCUT2D eigenvalue weighted by atomic mass is 9.89. The fourth-order valence-corrected chi connectivity index (χ4v) is 5.87. The minimum absolute atomic E-state index is 0.00842. The molecule has 4 amide bonds. The van der Waals surface area contributed by atoms with Crippen LogP contribution in [0.15, 0.2) is 43.0 Å². The van der Waals surface area contributed by atoms with Crippen molar-refractivity contribution in [2.24, 2.45) is 24.4 Å². The maximum atomic E-state index is 14.0. The zero-order chi connectivity index (χ0) is 37.8. The highest BCUT2D eigenvalue weighted by Crippen LogP contribution is 2.24. The second kappa shape index (κ2) is 18.5. The quantitative estimate of drug-likeness (QED) is 0.0665. The van der Waals surface area contributed by atoms with Crippen LogP contribution in [0.25, 0.3) is 10.9 Å². The number of nitrogens with two attached hydrogens (primary N) is 2. The van der Waals surface area contributed by atoms with E-state index in [1.807, 2.05) is 18.2 Å². The van der Waals surface area contributed by atoms with E-state index in [9.17, 15) is 38.7 Å². The Hall–Kier alpha value is -5.42. The lowest BCUT2D eigenvalue weighted by Gasteiger charge is -2.32. The monoisotopic (exact) mass is 710 g/mol. The van der Waals surface area contributed by atoms with Crippen LogP contribution < -0.4 is 22.1 Å². The third kappa shape index (κ3) is 11.3. The second-order valence-electron chi connectivity index (χ2n) is 12.6. The number of para-hydroxylation sites is 1. The average molecular weight is 711 g/mol. The molecule has 17 heteroatoms. The first kappa shape index (κ1) is 40.0. The number of fused-ring (bicyclic) bond motifs is 1. The van der Waals surface area contributed by atoms with Gasteiger partial charge in [-0.25, -0.2) is 4.98 Å². The first-order valence-corrected chi connectivity index (χ1v) is 16.4. The molecule has 0 aliphatic carbocycles. The number of carbonyl (C=O) groups is 7. The molecule has 276 valence electrons. The van der Waals surface area contributed by atoms with Crippen LogP contribution in [-0.2, 0) is 53.5 Å². The number of likely N-dealkylation sites (N-methyl/N-ethyl adjacent to an activating group) is 1. The summed E-state index contributed by atoms with van der Waals surface area (Å²) >= 11 is 0. The number of H-pyrrole nitrogens is 1. The van der Waals surface area contributed by atoms with Crippen LogP contribution in [0.4, 0.5) is 0 Å². The largest absolute Gasteiger partial charge is 0.481 e. The van der Waals surface area contributed by atoms with Crippen LogP contribution in [0.5, 0.6) is 0 Å². The highest BCUT2D eigenvalue weighted by molar-refractivity contribution is 5.96. The summed E-state index contributed by atoms with van der Waals surface area (Å²) in [4.78, 5) is 97.0. The number of carboxylic acids is 1. The highest BCUT2D eigenvalue weighted by atomic mass is 16.4. The molecule has 0 bridgehead atoms. The molecule has 3 rings (SSSR count). The molecule has 2 aromatic heterocycles. The number of aliphatic hydroxyl groups excluding tert-OH is 1. The average Bonchev–Trinajstić information content (AvgIpc) is 3.68. The van der Waals surface area contributed by atoms with Crippen molar-refractivity contribution in [2.45, 2.75) is 82.1 Å². The number of aromatic amines is 1. The van der Waals surface area contributed by atoms with E-state index < -0.39 is 84.4 Å². The number of carbonyl (C=O) groups excluding carboxylic acids is 6. The van der Waals surface area contributed by atoms with E-state index >= 15 is 0 Å². The first-order chi connectivity index (χ1) is 24.1. The summed E-state index contributed by atoms with van der Waals surface area (Å²) < 4.78 is 1.70. The van der Waals surface area contributed by atoms with Gasteiger partial charge in [-0.2, -0.15) is 0 Å². The molecule has 0 spiro atoms. The summed E-state index contributed by atoms with van der Waals surface area (Å²) in [6.07, 6.45) is 2.24. The van der Waals surface area contributed by atoms with Gasteiger partial charge in [0.15, 0.2) is 5.78 Å². The number of aliphatic hydroxyl groups is 1. The molecule has 0 radical (unpaired) electrons. The molecule has 9 N–H and O–H groups in total. The van der Waals surface area contributed by atoms with Gasteiger partial charge in [0.25, 0.3) is 0 Å². The molecule has 2 heterocycles. The van der Waals surface area contributed by atoms with Crippen molar-refractivity contribution >= 4 is 52.6 Å². The van der Waals surface area contributed by atoms with Gasteiger partial charge < -0.3 is 51.6 Å². The Bertz CT molecular complexity index is 1720. The van der Waals surface area contributed by atoms with Crippen molar-refractivity contribution < 1.29 is 43.8 Å². The van der Waals surface area contributed by atoms with Crippen LogP contribution in [0.1, 0.15) is 50.3 Å². The molecule has 0 fully saturated rings. The Balaban J connectivity index is 1.89. The Morgan fingerprint density at radius 3 is 2.37 bits per heavy atom. The smallest absolute Gasteiger partial charge is 0.303 e. The van der Waals surface area contributed by atoms with Gasteiger partial charge in [0, 0.05) is 74.7 Å². The number of benzene rings is 1. The Kier molecular flexibility index (Phi) is 14.5. The van der Waals surface area contributed by atoms with Crippen LogP contribution in [-0.4, -0.2) is 109 Å². The molecule has 51 heavy (non-hydrogen) atoms. The number of primary amides is 1. The summed E-state index contributed by atoms with van der Waals surface area (Å²) in [7, 11) is 3.08. The number of rotatable bonds is 21. The third-order valence-electron chi connectivity index (χ3n) is 8.65. The van der Waals surface area contributed by atoms with Crippen molar-refractivity contribution in [3.63, 3.8) is 0 Å². The molecule has 6 atom stereocenters. The summed E-state index contributed by atoms with van der Waals surface area (Å²) in [5.74, 6) is -6.00. The molecule has 3 aromatic rings. The standard InChI is InChI=1S/C34H46N8O9/c1-19(44)31(42(3)34(51)25(35)14-23-16-37-18-41(23)2)28(45)13-20(12-21-15-38-26-7-5-4-6-24(21)26)32(49)40-27(9-10-29(36)46)33(50)39-22(17-43)8-11-30(47)48/h4-7,15-20,22,25,27,31,38,44H,8-14,35H2,1-3H3,(H2,36,46)(H,39,50)(H,40,49)(H,47,48)/t19-,20+,22+,25+,27+,31+/m1/s1. The summed E-state index contributed by atoms with van der Waals surface area (Å²) in [6, 6.07) is 2.25. The van der Waals surface area contributed by atoms with Crippen molar-refractivity contribution in [3.8, 4) is 0 Å². The van der Waals surface area contributed by atoms with Crippen molar-refractivity contribution in [2.75, 3.05) is 7.05 Å². The predicted molar refractivity (Wildman–Crippen MR) is 183 cm³/mol. The number of amides is 4. The summed E-state index contributed by atoms with van der Waals surface area (Å²) in [5, 5.41) is 25.4. The molecule has 1 aromatic carbocycles. The van der Waals surface area contributed by atoms with Crippen molar-refractivity contribution in [1.82, 2.24) is 30.1 Å². The number of ketones is 1. The molecular weight excluding hydrogens is 664 g/mol. The van der Waals surface area contributed by atoms with Crippen molar-refractivity contribution in [1.29, 1.82) is 0 Å². The Morgan fingerprint density at radius 1 is 1.06 bits per heavy atom. The van der Waals surface area contributed by atoms with Gasteiger partial charge in [0.2, 0.25) is 23.6 Å². The molecule has 0 aliphatic heterocycles. The normalized spacial score (nSPS) is 14.8. The number of aromatic nitrogens is 3. The second-order valence-corrected chi connectivity index (χ2v) is 12.6. The van der Waals surface area contributed by atoms with E-state index in [1.165, 1.54) is 14.0 Å². The van der Waals surface area contributed by atoms with Gasteiger partial charge in [-0.1, -0.05) is 18.2 Å². The Labute approximate surface area is 294 Å². The van der Waals surface area contributed by atoms with Gasteiger partial charge in [-0.15, -0.1) is 0 Å². The number of imidazole rings is 1. The van der Waals surface area contributed by atoms with Crippen LogP contribution in [0.2, 0.25) is 0 Å². The van der Waals surface area contributed by atoms with E-state index in [0.29, 0.717) is 17.5 Å².